The molecule has 0 spiro atoms. The van der Waals surface area contributed by atoms with Crippen molar-refractivity contribution in [1.29, 1.82) is 0 Å². The number of hydrogen-bond donors (Lipinski definition) is 2. The Kier molecular flexibility index (Phi) is 7.11. The quantitative estimate of drug-likeness (QED) is 0.699. The van der Waals surface area contributed by atoms with Crippen LogP contribution < -0.4 is 19.5 Å². The van der Waals surface area contributed by atoms with Crippen molar-refractivity contribution < 1.29 is 22.7 Å². The molecule has 0 radical (unpaired) electrons. The minimum Gasteiger partial charge on any atom is -0.497 e. The fourth-order valence-electron chi connectivity index (χ4n) is 2.53. The second-order valence-electron chi connectivity index (χ2n) is 5.80. The van der Waals surface area contributed by atoms with Crippen LogP contribution in [0.3, 0.4) is 0 Å². The number of amides is 2. The molecule has 152 valence electrons. The lowest BCUT2D eigenvalue weighted by Crippen LogP contribution is -2.34. The second kappa shape index (κ2) is 9.32. The molecule has 2 amide bonds. The first-order valence-corrected chi connectivity index (χ1v) is 10.2. The molecular formula is C19H25N3O5S. The van der Waals surface area contributed by atoms with Gasteiger partial charge in [0.2, 0.25) is 0 Å². The van der Waals surface area contributed by atoms with Gasteiger partial charge in [-0.3, -0.25) is 4.72 Å². The molecule has 8 nitrogen and oxygen atoms in total. The van der Waals surface area contributed by atoms with Crippen LogP contribution in [-0.4, -0.2) is 46.7 Å². The van der Waals surface area contributed by atoms with Crippen molar-refractivity contribution in [3.05, 3.63) is 42.5 Å². The van der Waals surface area contributed by atoms with E-state index in [0.29, 0.717) is 30.3 Å². The zero-order chi connectivity index (χ0) is 20.7. The molecule has 0 aliphatic heterocycles. The first kappa shape index (κ1) is 21.4. The summed E-state index contributed by atoms with van der Waals surface area (Å²) in [5, 5.41) is 2.74. The van der Waals surface area contributed by atoms with E-state index in [0.717, 1.165) is 0 Å². The number of methoxy groups -OCH3 is 2. The van der Waals surface area contributed by atoms with Crippen LogP contribution in [0, 0.1) is 0 Å². The van der Waals surface area contributed by atoms with Crippen LogP contribution in [0.25, 0.3) is 0 Å². The minimum absolute atomic E-state index is 0.0539. The predicted molar refractivity (Wildman–Crippen MR) is 109 cm³/mol. The molecule has 0 aromatic heterocycles. The van der Waals surface area contributed by atoms with E-state index in [9.17, 15) is 13.2 Å². The average Bonchev–Trinajstić information content (AvgIpc) is 2.69. The van der Waals surface area contributed by atoms with Crippen LogP contribution in [-0.2, 0) is 10.0 Å². The number of ether oxygens (including phenoxy) is 2. The number of nitrogens with one attached hydrogen (secondary N) is 2. The second-order valence-corrected chi connectivity index (χ2v) is 7.48. The van der Waals surface area contributed by atoms with E-state index in [2.05, 4.69) is 10.0 Å². The monoisotopic (exact) mass is 407 g/mol. The summed E-state index contributed by atoms with van der Waals surface area (Å²) in [6, 6.07) is 10.5. The van der Waals surface area contributed by atoms with Gasteiger partial charge in [0.25, 0.3) is 10.0 Å². The molecular weight excluding hydrogens is 382 g/mol. The summed E-state index contributed by atoms with van der Waals surface area (Å²) in [5.41, 5.74) is 0.774. The molecule has 0 atom stereocenters. The summed E-state index contributed by atoms with van der Waals surface area (Å²) in [5.74, 6) is 0.862. The van der Waals surface area contributed by atoms with E-state index in [4.69, 9.17) is 9.47 Å². The van der Waals surface area contributed by atoms with Crippen molar-refractivity contribution in [2.45, 2.75) is 18.7 Å². The number of carbonyl (C=O) groups excluding carboxylic acids is 1. The summed E-state index contributed by atoms with van der Waals surface area (Å²) in [6.45, 7) is 4.94. The van der Waals surface area contributed by atoms with Gasteiger partial charge in [-0.05, 0) is 50.2 Å². The van der Waals surface area contributed by atoms with Gasteiger partial charge in [-0.15, -0.1) is 0 Å². The molecule has 9 heteroatoms. The fraction of sp³-hybridized carbons (Fsp3) is 0.316. The number of urea groups is 1. The van der Waals surface area contributed by atoms with Crippen LogP contribution in [0.2, 0.25) is 0 Å². The highest BCUT2D eigenvalue weighted by atomic mass is 32.2. The van der Waals surface area contributed by atoms with Gasteiger partial charge in [-0.2, -0.15) is 0 Å². The summed E-state index contributed by atoms with van der Waals surface area (Å²) in [7, 11) is -0.908. The van der Waals surface area contributed by atoms with E-state index in [1.54, 1.807) is 29.2 Å². The van der Waals surface area contributed by atoms with E-state index >= 15 is 0 Å². The first-order valence-electron chi connectivity index (χ1n) is 8.75. The molecule has 0 saturated heterocycles. The van der Waals surface area contributed by atoms with Crippen molar-refractivity contribution >= 4 is 27.4 Å². The topological polar surface area (TPSA) is 97.0 Å². The molecule has 0 bridgehead atoms. The number of sulfonamides is 1. The highest BCUT2D eigenvalue weighted by molar-refractivity contribution is 7.92. The molecule has 0 saturated carbocycles. The molecule has 2 aromatic rings. The van der Waals surface area contributed by atoms with Crippen molar-refractivity contribution in [2.24, 2.45) is 0 Å². The summed E-state index contributed by atoms with van der Waals surface area (Å²) < 4.78 is 38.2. The van der Waals surface area contributed by atoms with Gasteiger partial charge in [0, 0.05) is 24.8 Å². The Hall–Kier alpha value is -2.94. The third-order valence-electron chi connectivity index (χ3n) is 4.12. The van der Waals surface area contributed by atoms with Crippen molar-refractivity contribution in [2.75, 3.05) is 37.3 Å². The summed E-state index contributed by atoms with van der Waals surface area (Å²) in [6.07, 6.45) is 0. The SMILES string of the molecule is CCN(CC)C(=O)Nc1ccc(S(=O)(=O)Nc2cc(OC)ccc2OC)cc1. The van der Waals surface area contributed by atoms with Gasteiger partial charge in [-0.1, -0.05) is 0 Å². The van der Waals surface area contributed by atoms with Crippen LogP contribution in [0.4, 0.5) is 16.2 Å². The standard InChI is InChI=1S/C19H25N3O5S/c1-5-22(6-2)19(23)20-14-7-10-16(11-8-14)28(24,25)21-17-13-15(26-3)9-12-18(17)27-4/h7-13,21H,5-6H2,1-4H3,(H,20,23). The van der Waals surface area contributed by atoms with Crippen molar-refractivity contribution in [3.8, 4) is 11.5 Å². The van der Waals surface area contributed by atoms with Gasteiger partial charge in [0.1, 0.15) is 11.5 Å². The summed E-state index contributed by atoms with van der Waals surface area (Å²) in [4.78, 5) is 13.8. The van der Waals surface area contributed by atoms with E-state index in [1.807, 2.05) is 13.8 Å². The van der Waals surface area contributed by atoms with Gasteiger partial charge >= 0.3 is 6.03 Å². The first-order chi connectivity index (χ1) is 13.3. The van der Waals surface area contributed by atoms with Gasteiger partial charge in [0.05, 0.1) is 24.8 Å². The smallest absolute Gasteiger partial charge is 0.321 e. The third kappa shape index (κ3) is 5.07. The molecule has 2 rings (SSSR count). The fourth-order valence-corrected chi connectivity index (χ4v) is 3.59. The molecule has 0 fully saturated rings. The van der Waals surface area contributed by atoms with Crippen LogP contribution >= 0.6 is 0 Å². The maximum absolute atomic E-state index is 12.7. The predicted octanol–water partition coefficient (Wildman–Crippen LogP) is 3.38. The van der Waals surface area contributed by atoms with Crippen LogP contribution in [0.5, 0.6) is 11.5 Å². The average molecular weight is 407 g/mol. The van der Waals surface area contributed by atoms with E-state index < -0.39 is 10.0 Å². The molecule has 2 N–H and O–H groups in total. The zero-order valence-electron chi connectivity index (χ0n) is 16.4. The Morgan fingerprint density at radius 2 is 1.64 bits per heavy atom. The Morgan fingerprint density at radius 1 is 1.00 bits per heavy atom. The number of hydrogen-bond acceptors (Lipinski definition) is 5. The van der Waals surface area contributed by atoms with Crippen LogP contribution in [0.15, 0.2) is 47.4 Å². The van der Waals surface area contributed by atoms with Crippen molar-refractivity contribution in [1.82, 2.24) is 4.90 Å². The Morgan fingerprint density at radius 3 is 2.18 bits per heavy atom. The maximum atomic E-state index is 12.7. The highest BCUT2D eigenvalue weighted by Gasteiger charge is 2.18. The lowest BCUT2D eigenvalue weighted by atomic mass is 10.3. The lowest BCUT2D eigenvalue weighted by molar-refractivity contribution is 0.217. The highest BCUT2D eigenvalue weighted by Crippen LogP contribution is 2.31. The largest absolute Gasteiger partial charge is 0.497 e. The lowest BCUT2D eigenvalue weighted by Gasteiger charge is -2.19. The Labute approximate surface area is 165 Å². The Balaban J connectivity index is 2.20. The molecule has 0 unspecified atom stereocenters. The number of nitrogens with zero attached hydrogens (tertiary/aromatic N) is 1. The van der Waals surface area contributed by atoms with Crippen LogP contribution in [0.1, 0.15) is 13.8 Å². The number of carbonyl (C=O) groups is 1. The third-order valence-corrected chi connectivity index (χ3v) is 5.50. The van der Waals surface area contributed by atoms with Gasteiger partial charge in [0.15, 0.2) is 0 Å². The molecule has 2 aromatic carbocycles. The van der Waals surface area contributed by atoms with E-state index in [1.165, 1.54) is 32.4 Å². The molecule has 28 heavy (non-hydrogen) atoms. The molecule has 0 heterocycles. The van der Waals surface area contributed by atoms with Gasteiger partial charge in [-0.25, -0.2) is 13.2 Å². The number of anilines is 2. The summed E-state index contributed by atoms with van der Waals surface area (Å²) >= 11 is 0. The zero-order valence-corrected chi connectivity index (χ0v) is 17.2. The number of benzene rings is 2. The number of rotatable bonds is 8. The molecule has 0 aliphatic carbocycles. The maximum Gasteiger partial charge on any atom is 0.321 e. The van der Waals surface area contributed by atoms with Crippen molar-refractivity contribution in [3.63, 3.8) is 0 Å². The Bertz CT molecular complexity index is 910. The minimum atomic E-state index is -3.85. The van der Waals surface area contributed by atoms with Gasteiger partial charge < -0.3 is 19.7 Å². The van der Waals surface area contributed by atoms with E-state index in [-0.39, 0.29) is 16.6 Å². The molecule has 0 aliphatic rings. The normalized spacial score (nSPS) is 10.9.